The highest BCUT2D eigenvalue weighted by Gasteiger charge is 2.12. The van der Waals surface area contributed by atoms with Crippen LogP contribution < -0.4 is 5.73 Å². The summed E-state index contributed by atoms with van der Waals surface area (Å²) in [6.45, 7) is 2.03. The average Bonchev–Trinajstić information content (AvgIpc) is 3.05. The summed E-state index contributed by atoms with van der Waals surface area (Å²) in [6, 6.07) is 10.2. The van der Waals surface area contributed by atoms with Gasteiger partial charge in [-0.3, -0.25) is 10.1 Å². The smallest absolute Gasteiger partial charge is 0.269 e. The first-order chi connectivity index (χ1) is 10.0. The third-order valence-electron chi connectivity index (χ3n) is 3.04. The Kier molecular flexibility index (Phi) is 3.19. The number of aromatic nitrogens is 2. The second-order valence-electron chi connectivity index (χ2n) is 4.56. The molecule has 3 aromatic rings. The van der Waals surface area contributed by atoms with Crippen LogP contribution in [0.15, 0.2) is 42.6 Å². The zero-order valence-corrected chi connectivity index (χ0v) is 12.0. The molecule has 3 rings (SSSR count). The van der Waals surface area contributed by atoms with Crippen molar-refractivity contribution in [1.82, 2.24) is 9.78 Å². The standard InChI is InChI=1S/C14H12N4O2S/c1-9-2-7-13(21-9)14-12(15)8-17(16-14)10-3-5-11(6-4-10)18(19)20/h2-8H,15H2,1H3. The fourth-order valence-electron chi connectivity index (χ4n) is 2.00. The molecule has 0 fully saturated rings. The van der Waals surface area contributed by atoms with E-state index < -0.39 is 4.92 Å². The number of hydrogen-bond donors (Lipinski definition) is 1. The van der Waals surface area contributed by atoms with Gasteiger partial charge < -0.3 is 5.73 Å². The zero-order valence-electron chi connectivity index (χ0n) is 11.2. The molecule has 2 heterocycles. The lowest BCUT2D eigenvalue weighted by Crippen LogP contribution is -1.95. The number of benzene rings is 1. The van der Waals surface area contributed by atoms with Crippen LogP contribution in [0.2, 0.25) is 0 Å². The molecule has 0 atom stereocenters. The summed E-state index contributed by atoms with van der Waals surface area (Å²) >= 11 is 1.62. The van der Waals surface area contributed by atoms with Gasteiger partial charge in [-0.05, 0) is 31.2 Å². The first-order valence-electron chi connectivity index (χ1n) is 6.21. The zero-order chi connectivity index (χ0) is 15.0. The molecule has 0 aliphatic carbocycles. The highest BCUT2D eigenvalue weighted by Crippen LogP contribution is 2.31. The number of rotatable bonds is 3. The Morgan fingerprint density at radius 1 is 1.24 bits per heavy atom. The Morgan fingerprint density at radius 3 is 2.52 bits per heavy atom. The van der Waals surface area contributed by atoms with Crippen LogP contribution in [0.3, 0.4) is 0 Å². The topological polar surface area (TPSA) is 87.0 Å². The third kappa shape index (κ3) is 2.50. The number of anilines is 1. The number of nitro benzene ring substituents is 1. The van der Waals surface area contributed by atoms with Crippen LogP contribution in [0.25, 0.3) is 16.3 Å². The molecule has 0 spiro atoms. The molecule has 7 heteroatoms. The molecule has 0 saturated heterocycles. The second kappa shape index (κ2) is 5.02. The molecular formula is C14H12N4O2S. The second-order valence-corrected chi connectivity index (χ2v) is 5.85. The van der Waals surface area contributed by atoms with Gasteiger partial charge in [0, 0.05) is 17.0 Å². The highest BCUT2D eigenvalue weighted by molar-refractivity contribution is 7.15. The van der Waals surface area contributed by atoms with Crippen molar-refractivity contribution in [3.05, 3.63) is 57.6 Å². The minimum atomic E-state index is -0.429. The van der Waals surface area contributed by atoms with Crippen LogP contribution >= 0.6 is 11.3 Å². The van der Waals surface area contributed by atoms with Gasteiger partial charge in [-0.1, -0.05) is 0 Å². The van der Waals surface area contributed by atoms with E-state index in [2.05, 4.69) is 5.10 Å². The molecule has 2 N–H and O–H groups in total. The normalized spacial score (nSPS) is 10.7. The molecule has 0 unspecified atom stereocenters. The fourth-order valence-corrected chi connectivity index (χ4v) is 2.87. The number of thiophene rings is 1. The third-order valence-corrected chi connectivity index (χ3v) is 4.05. The largest absolute Gasteiger partial charge is 0.396 e. The van der Waals surface area contributed by atoms with Gasteiger partial charge in [0.25, 0.3) is 5.69 Å². The monoisotopic (exact) mass is 300 g/mol. The molecular weight excluding hydrogens is 288 g/mol. The maximum atomic E-state index is 10.7. The molecule has 0 saturated carbocycles. The van der Waals surface area contributed by atoms with Gasteiger partial charge in [-0.25, -0.2) is 4.68 Å². The van der Waals surface area contributed by atoms with Crippen LogP contribution in [0.1, 0.15) is 4.88 Å². The van der Waals surface area contributed by atoms with E-state index in [1.165, 1.54) is 17.0 Å². The first-order valence-corrected chi connectivity index (χ1v) is 7.03. The number of non-ortho nitro benzene ring substituents is 1. The Bertz CT molecular complexity index is 805. The predicted octanol–water partition coefficient (Wildman–Crippen LogP) is 3.40. The summed E-state index contributed by atoms with van der Waals surface area (Å²) in [5, 5.41) is 15.1. The summed E-state index contributed by atoms with van der Waals surface area (Å²) < 4.78 is 1.63. The van der Waals surface area contributed by atoms with Crippen LogP contribution in [-0.2, 0) is 0 Å². The van der Waals surface area contributed by atoms with Crippen molar-refractivity contribution in [2.75, 3.05) is 5.73 Å². The van der Waals surface area contributed by atoms with Crippen LogP contribution in [0.4, 0.5) is 11.4 Å². The molecule has 0 aliphatic heterocycles. The van der Waals surface area contributed by atoms with Gasteiger partial charge in [0.1, 0.15) is 5.69 Å². The summed E-state index contributed by atoms with van der Waals surface area (Å²) in [4.78, 5) is 12.4. The summed E-state index contributed by atoms with van der Waals surface area (Å²) in [6.07, 6.45) is 1.71. The van der Waals surface area contributed by atoms with Crippen molar-refractivity contribution in [3.63, 3.8) is 0 Å². The van der Waals surface area contributed by atoms with E-state index in [1.54, 1.807) is 34.3 Å². The fraction of sp³-hybridized carbons (Fsp3) is 0.0714. The van der Waals surface area contributed by atoms with Crippen LogP contribution in [0.5, 0.6) is 0 Å². The van der Waals surface area contributed by atoms with E-state index in [-0.39, 0.29) is 5.69 Å². The van der Waals surface area contributed by atoms with Crippen molar-refractivity contribution in [2.45, 2.75) is 6.92 Å². The van der Waals surface area contributed by atoms with E-state index >= 15 is 0 Å². The molecule has 0 radical (unpaired) electrons. The van der Waals surface area contributed by atoms with E-state index in [0.29, 0.717) is 5.69 Å². The minimum Gasteiger partial charge on any atom is -0.396 e. The summed E-state index contributed by atoms with van der Waals surface area (Å²) in [7, 11) is 0. The number of nitrogens with two attached hydrogens (primary N) is 1. The lowest BCUT2D eigenvalue weighted by Gasteiger charge is -2.00. The Labute approximate surface area is 124 Å². The summed E-state index contributed by atoms with van der Waals surface area (Å²) in [5.74, 6) is 0. The number of nitrogens with zero attached hydrogens (tertiary/aromatic N) is 3. The molecule has 0 amide bonds. The Morgan fingerprint density at radius 2 is 1.95 bits per heavy atom. The number of nitro groups is 1. The molecule has 0 bridgehead atoms. The van der Waals surface area contributed by atoms with Gasteiger partial charge in [0.15, 0.2) is 0 Å². The van der Waals surface area contributed by atoms with Gasteiger partial charge in [0.2, 0.25) is 0 Å². The van der Waals surface area contributed by atoms with Gasteiger partial charge in [-0.15, -0.1) is 11.3 Å². The molecule has 0 aliphatic rings. The summed E-state index contributed by atoms with van der Waals surface area (Å²) in [5.41, 5.74) is 8.10. The highest BCUT2D eigenvalue weighted by atomic mass is 32.1. The van der Waals surface area contributed by atoms with Gasteiger partial charge >= 0.3 is 0 Å². The molecule has 21 heavy (non-hydrogen) atoms. The molecule has 2 aromatic heterocycles. The number of nitrogen functional groups attached to an aromatic ring is 1. The van der Waals surface area contributed by atoms with Gasteiger partial charge in [0.05, 0.1) is 27.4 Å². The van der Waals surface area contributed by atoms with E-state index in [4.69, 9.17) is 5.73 Å². The van der Waals surface area contributed by atoms with Crippen LogP contribution in [-0.4, -0.2) is 14.7 Å². The van der Waals surface area contributed by atoms with E-state index in [9.17, 15) is 10.1 Å². The SMILES string of the molecule is Cc1ccc(-c2nn(-c3ccc([N+](=O)[O-])cc3)cc2N)s1. The van der Waals surface area contributed by atoms with Crippen molar-refractivity contribution >= 4 is 22.7 Å². The minimum absolute atomic E-state index is 0.0491. The van der Waals surface area contributed by atoms with E-state index in [0.717, 1.165) is 16.3 Å². The van der Waals surface area contributed by atoms with Crippen molar-refractivity contribution < 1.29 is 4.92 Å². The maximum Gasteiger partial charge on any atom is 0.269 e. The van der Waals surface area contributed by atoms with Gasteiger partial charge in [-0.2, -0.15) is 5.10 Å². The number of hydrogen-bond acceptors (Lipinski definition) is 5. The number of aryl methyl sites for hydroxylation is 1. The lowest BCUT2D eigenvalue weighted by molar-refractivity contribution is -0.384. The lowest BCUT2D eigenvalue weighted by atomic mass is 10.3. The molecule has 1 aromatic carbocycles. The van der Waals surface area contributed by atoms with Crippen molar-refractivity contribution in [3.8, 4) is 16.3 Å². The van der Waals surface area contributed by atoms with Crippen molar-refractivity contribution in [1.29, 1.82) is 0 Å². The average molecular weight is 300 g/mol. The first kappa shape index (κ1) is 13.3. The van der Waals surface area contributed by atoms with Crippen LogP contribution in [0, 0.1) is 17.0 Å². The molecule has 6 nitrogen and oxygen atoms in total. The molecule has 106 valence electrons. The van der Waals surface area contributed by atoms with Crippen molar-refractivity contribution in [2.24, 2.45) is 0 Å². The maximum absolute atomic E-state index is 10.7. The Balaban J connectivity index is 1.98. The quantitative estimate of drug-likeness (QED) is 0.593. The Hall–Kier alpha value is -2.67. The predicted molar refractivity (Wildman–Crippen MR) is 82.7 cm³/mol. The van der Waals surface area contributed by atoms with E-state index in [1.807, 2.05) is 19.1 Å².